The molecule has 0 aromatic heterocycles. The van der Waals surface area contributed by atoms with Crippen LogP contribution in [0.25, 0.3) is 0 Å². The molecule has 0 aliphatic carbocycles. The molecule has 0 radical (unpaired) electrons. The molecule has 158 valence electrons. The molecule has 0 saturated heterocycles. The number of benzene rings is 1. The van der Waals surface area contributed by atoms with Crippen molar-refractivity contribution >= 4 is 17.9 Å². The van der Waals surface area contributed by atoms with Crippen LogP contribution in [0.3, 0.4) is 0 Å². The molecule has 1 aromatic carbocycles. The molecule has 2 N–H and O–H groups in total. The second-order valence-electron chi connectivity index (χ2n) is 8.77. The number of nitrogens with one attached hydrogen (secondary N) is 2. The summed E-state index contributed by atoms with van der Waals surface area (Å²) in [5, 5.41) is 5.31. The molecule has 1 atom stereocenters. The second-order valence-corrected chi connectivity index (χ2v) is 8.77. The maximum absolute atomic E-state index is 12.9. The van der Waals surface area contributed by atoms with E-state index in [1.807, 2.05) is 20.8 Å². The van der Waals surface area contributed by atoms with Gasteiger partial charge in [-0.2, -0.15) is 0 Å². The van der Waals surface area contributed by atoms with E-state index in [1.54, 1.807) is 45.0 Å². The number of likely N-dealkylation sites (N-methyl/N-ethyl adjacent to an activating group) is 1. The van der Waals surface area contributed by atoms with Crippen LogP contribution in [0.4, 0.5) is 4.79 Å². The molecule has 1 aromatic rings. The molecule has 3 amide bonds. The summed E-state index contributed by atoms with van der Waals surface area (Å²) in [5.74, 6) is 1.75. The van der Waals surface area contributed by atoms with Crippen LogP contribution in [-0.2, 0) is 14.3 Å². The van der Waals surface area contributed by atoms with Gasteiger partial charge in [0.25, 0.3) is 0 Å². The van der Waals surface area contributed by atoms with E-state index in [9.17, 15) is 14.4 Å². The summed E-state index contributed by atoms with van der Waals surface area (Å²) in [6.07, 6.45) is 4.69. The molecule has 0 bridgehead atoms. The zero-order chi connectivity index (χ0) is 22.4. The van der Waals surface area contributed by atoms with Crippen LogP contribution in [-0.4, -0.2) is 47.5 Å². The summed E-state index contributed by atoms with van der Waals surface area (Å²) < 4.78 is 5.13. The van der Waals surface area contributed by atoms with E-state index in [0.717, 1.165) is 0 Å². The number of rotatable bonds is 5. The van der Waals surface area contributed by atoms with Crippen LogP contribution >= 0.6 is 0 Å². The molecule has 0 fully saturated rings. The van der Waals surface area contributed by atoms with Crippen molar-refractivity contribution in [1.29, 1.82) is 0 Å². The van der Waals surface area contributed by atoms with E-state index in [2.05, 4.69) is 16.6 Å². The Morgan fingerprint density at radius 2 is 1.66 bits per heavy atom. The summed E-state index contributed by atoms with van der Waals surface area (Å²) in [6.45, 7) is 10.5. The highest BCUT2D eigenvalue weighted by Gasteiger charge is 2.31. The molecule has 0 saturated carbocycles. The lowest BCUT2D eigenvalue weighted by Crippen LogP contribution is -2.50. The van der Waals surface area contributed by atoms with Gasteiger partial charge in [-0.1, -0.05) is 18.1 Å². The lowest BCUT2D eigenvalue weighted by molar-refractivity contribution is -0.139. The second kappa shape index (κ2) is 9.46. The number of hydrogen-bond acceptors (Lipinski definition) is 4. The number of alkyl carbamates (subject to hydrolysis) is 1. The fraction of sp³-hybridized carbons (Fsp3) is 0.500. The Morgan fingerprint density at radius 1 is 1.10 bits per heavy atom. The fourth-order valence-electron chi connectivity index (χ4n) is 2.48. The van der Waals surface area contributed by atoms with Crippen molar-refractivity contribution in [2.45, 2.75) is 58.7 Å². The number of nitrogens with zero attached hydrogens (tertiary/aromatic N) is 1. The van der Waals surface area contributed by atoms with Crippen molar-refractivity contribution in [3.63, 3.8) is 0 Å². The predicted octanol–water partition coefficient (Wildman–Crippen LogP) is 2.61. The summed E-state index contributed by atoms with van der Waals surface area (Å²) >= 11 is 0. The van der Waals surface area contributed by atoms with Crippen LogP contribution in [0.1, 0.15) is 58.7 Å². The quantitative estimate of drug-likeness (QED) is 0.743. The van der Waals surface area contributed by atoms with Gasteiger partial charge in [0.2, 0.25) is 11.8 Å². The molecular formula is C22H31N3O4. The van der Waals surface area contributed by atoms with E-state index in [0.29, 0.717) is 11.1 Å². The van der Waals surface area contributed by atoms with Crippen LogP contribution in [0.5, 0.6) is 0 Å². The Balaban J connectivity index is 3.01. The Labute approximate surface area is 173 Å². The highest BCUT2D eigenvalue weighted by Crippen LogP contribution is 2.22. The number of carbonyl (C=O) groups is 3. The van der Waals surface area contributed by atoms with Crippen molar-refractivity contribution in [3.05, 3.63) is 35.4 Å². The number of ether oxygens (including phenoxy) is 1. The highest BCUT2D eigenvalue weighted by molar-refractivity contribution is 5.90. The molecule has 0 aliphatic rings. The molecule has 0 aliphatic heterocycles. The average molecular weight is 402 g/mol. The fourth-order valence-corrected chi connectivity index (χ4v) is 2.48. The van der Waals surface area contributed by atoms with Gasteiger partial charge < -0.3 is 20.3 Å². The number of terminal acetylenes is 1. The minimum atomic E-state index is -0.881. The minimum Gasteiger partial charge on any atom is -0.444 e. The zero-order valence-corrected chi connectivity index (χ0v) is 18.3. The Kier molecular flexibility index (Phi) is 7.84. The molecule has 1 rings (SSSR count). The summed E-state index contributed by atoms with van der Waals surface area (Å²) in [6, 6.07) is 5.97. The van der Waals surface area contributed by atoms with Crippen molar-refractivity contribution in [1.82, 2.24) is 15.5 Å². The van der Waals surface area contributed by atoms with Crippen molar-refractivity contribution in [3.8, 4) is 12.3 Å². The molecule has 7 nitrogen and oxygen atoms in total. The van der Waals surface area contributed by atoms with Gasteiger partial charge in [0.1, 0.15) is 18.2 Å². The molecule has 7 heteroatoms. The topological polar surface area (TPSA) is 87.7 Å². The van der Waals surface area contributed by atoms with E-state index >= 15 is 0 Å². The summed E-state index contributed by atoms with van der Waals surface area (Å²) in [4.78, 5) is 38.7. The first-order chi connectivity index (χ1) is 13.2. The number of amides is 3. The van der Waals surface area contributed by atoms with Gasteiger partial charge in [0, 0.05) is 18.2 Å². The summed E-state index contributed by atoms with van der Waals surface area (Å²) in [5.41, 5.74) is 0.128. The standard InChI is InChI=1S/C22H31N3O4/c1-9-15-10-12-16(13-11-15)18(19(27)24-21(2,3)4)25(8)17(26)14-23-20(28)29-22(5,6)7/h1,10-13,18H,14H2,2-8H3,(H,23,28)(H,24,27). The third kappa shape index (κ3) is 8.26. The molecular weight excluding hydrogens is 370 g/mol. The van der Waals surface area contributed by atoms with Gasteiger partial charge in [-0.25, -0.2) is 4.79 Å². The average Bonchev–Trinajstić information content (AvgIpc) is 2.57. The van der Waals surface area contributed by atoms with Gasteiger partial charge >= 0.3 is 6.09 Å². The van der Waals surface area contributed by atoms with E-state index in [-0.39, 0.29) is 12.5 Å². The lowest BCUT2D eigenvalue weighted by Gasteiger charge is -2.31. The first-order valence-electron chi connectivity index (χ1n) is 9.34. The van der Waals surface area contributed by atoms with Gasteiger partial charge in [-0.3, -0.25) is 9.59 Å². The first-order valence-corrected chi connectivity index (χ1v) is 9.34. The van der Waals surface area contributed by atoms with Crippen LogP contribution in [0, 0.1) is 12.3 Å². The minimum absolute atomic E-state index is 0.298. The normalized spacial score (nSPS) is 12.3. The molecule has 0 heterocycles. The SMILES string of the molecule is C#Cc1ccc(C(C(=O)NC(C)(C)C)N(C)C(=O)CNC(=O)OC(C)(C)C)cc1. The number of hydrogen-bond donors (Lipinski definition) is 2. The molecule has 0 spiro atoms. The van der Waals surface area contributed by atoms with Crippen molar-refractivity contribution < 1.29 is 19.1 Å². The summed E-state index contributed by atoms with van der Waals surface area (Å²) in [7, 11) is 1.51. The van der Waals surface area contributed by atoms with Gasteiger partial charge in [-0.15, -0.1) is 6.42 Å². The smallest absolute Gasteiger partial charge is 0.408 e. The van der Waals surface area contributed by atoms with E-state index in [1.165, 1.54) is 11.9 Å². The van der Waals surface area contributed by atoms with E-state index in [4.69, 9.17) is 11.2 Å². The van der Waals surface area contributed by atoms with Crippen molar-refractivity contribution in [2.75, 3.05) is 13.6 Å². The third-order valence-electron chi connectivity index (χ3n) is 3.70. The Hall–Kier alpha value is -3.01. The predicted molar refractivity (Wildman–Crippen MR) is 112 cm³/mol. The zero-order valence-electron chi connectivity index (χ0n) is 18.3. The van der Waals surface area contributed by atoms with Gasteiger partial charge in [-0.05, 0) is 59.2 Å². The third-order valence-corrected chi connectivity index (χ3v) is 3.70. The first kappa shape index (κ1) is 24.0. The van der Waals surface area contributed by atoms with Gasteiger partial charge in [0.05, 0.1) is 0 Å². The lowest BCUT2D eigenvalue weighted by atomic mass is 10.0. The largest absolute Gasteiger partial charge is 0.444 e. The van der Waals surface area contributed by atoms with Crippen LogP contribution < -0.4 is 10.6 Å². The maximum atomic E-state index is 12.9. The maximum Gasteiger partial charge on any atom is 0.408 e. The monoisotopic (exact) mass is 401 g/mol. The molecule has 29 heavy (non-hydrogen) atoms. The van der Waals surface area contributed by atoms with Crippen LogP contribution in [0.15, 0.2) is 24.3 Å². The van der Waals surface area contributed by atoms with Gasteiger partial charge in [0.15, 0.2) is 0 Å². The van der Waals surface area contributed by atoms with Crippen molar-refractivity contribution in [2.24, 2.45) is 0 Å². The molecule has 1 unspecified atom stereocenters. The Morgan fingerprint density at radius 3 is 2.10 bits per heavy atom. The highest BCUT2D eigenvalue weighted by atomic mass is 16.6. The van der Waals surface area contributed by atoms with Crippen LogP contribution in [0.2, 0.25) is 0 Å². The number of carbonyl (C=O) groups excluding carboxylic acids is 3. The Bertz CT molecular complexity index is 780. The van der Waals surface area contributed by atoms with E-state index < -0.39 is 29.2 Å².